The van der Waals surface area contributed by atoms with Crippen LogP contribution in [0, 0.1) is 28.6 Å². The summed E-state index contributed by atoms with van der Waals surface area (Å²) >= 11 is 0. The standard InChI is InChI=1S/C18H25NO3S/c1-17(2)13-5-6-18(17)10-23(21,22)19(15(18)9-13)16(20)14-8-11-3-4-12(14)7-11/h8,11-13,15H,3-7,9-10H2,1-2H3/t11-,12+,13+,15+,18+/m0/s1. The quantitative estimate of drug-likeness (QED) is 0.740. The highest BCUT2D eigenvalue weighted by molar-refractivity contribution is 7.90. The number of hydrogen-bond acceptors (Lipinski definition) is 3. The average Bonchev–Trinajstić information content (AvgIpc) is 3.21. The molecule has 3 saturated carbocycles. The molecule has 0 unspecified atom stereocenters. The van der Waals surface area contributed by atoms with E-state index < -0.39 is 10.0 Å². The van der Waals surface area contributed by atoms with Crippen LogP contribution in [0.4, 0.5) is 0 Å². The molecule has 0 aromatic rings. The largest absolute Gasteiger partial charge is 0.268 e. The molecule has 1 saturated heterocycles. The van der Waals surface area contributed by atoms with Crippen molar-refractivity contribution in [2.24, 2.45) is 28.6 Å². The van der Waals surface area contributed by atoms with E-state index >= 15 is 0 Å². The Morgan fingerprint density at radius 1 is 1.22 bits per heavy atom. The highest BCUT2D eigenvalue weighted by Crippen LogP contribution is 2.70. The van der Waals surface area contributed by atoms with Gasteiger partial charge in [0.05, 0.1) is 11.8 Å². The van der Waals surface area contributed by atoms with Crippen LogP contribution in [0.3, 0.4) is 0 Å². The van der Waals surface area contributed by atoms with Crippen molar-refractivity contribution >= 4 is 15.9 Å². The second-order valence-electron chi connectivity index (χ2n) is 9.11. The molecule has 4 aliphatic carbocycles. The van der Waals surface area contributed by atoms with Gasteiger partial charge in [0, 0.05) is 11.0 Å². The maximum absolute atomic E-state index is 13.2. The molecule has 126 valence electrons. The first-order valence-electron chi connectivity index (χ1n) is 9.04. The van der Waals surface area contributed by atoms with Crippen LogP contribution in [-0.4, -0.2) is 30.4 Å². The third kappa shape index (κ3) is 1.53. The molecule has 4 nitrogen and oxygen atoms in total. The lowest BCUT2D eigenvalue weighted by Gasteiger charge is -2.37. The number of carbonyl (C=O) groups excluding carboxylic acids is 1. The molecule has 1 spiro atoms. The van der Waals surface area contributed by atoms with Gasteiger partial charge < -0.3 is 0 Å². The van der Waals surface area contributed by atoms with Crippen molar-refractivity contribution in [2.45, 2.75) is 58.4 Å². The van der Waals surface area contributed by atoms with Gasteiger partial charge in [0.25, 0.3) is 5.91 Å². The monoisotopic (exact) mass is 335 g/mol. The number of sulfonamides is 1. The number of nitrogens with zero attached hydrogens (tertiary/aromatic N) is 1. The van der Waals surface area contributed by atoms with Crippen molar-refractivity contribution in [1.29, 1.82) is 0 Å². The van der Waals surface area contributed by atoms with E-state index in [1.807, 2.05) is 0 Å². The van der Waals surface area contributed by atoms with E-state index in [0.29, 0.717) is 17.8 Å². The predicted molar refractivity (Wildman–Crippen MR) is 86.9 cm³/mol. The Morgan fingerprint density at radius 3 is 2.61 bits per heavy atom. The molecule has 4 fully saturated rings. The molecule has 0 radical (unpaired) electrons. The van der Waals surface area contributed by atoms with E-state index in [9.17, 15) is 13.2 Å². The minimum atomic E-state index is -3.47. The second kappa shape index (κ2) is 4.04. The molecule has 0 N–H and O–H groups in total. The van der Waals surface area contributed by atoms with Gasteiger partial charge >= 0.3 is 0 Å². The second-order valence-corrected chi connectivity index (χ2v) is 11.0. The molecule has 0 aromatic carbocycles. The zero-order valence-electron chi connectivity index (χ0n) is 13.9. The van der Waals surface area contributed by atoms with Crippen molar-refractivity contribution in [2.75, 3.05) is 5.75 Å². The fourth-order valence-corrected chi connectivity index (χ4v) is 9.30. The van der Waals surface area contributed by atoms with Crippen LogP contribution >= 0.6 is 0 Å². The van der Waals surface area contributed by atoms with Crippen molar-refractivity contribution < 1.29 is 13.2 Å². The van der Waals surface area contributed by atoms with Crippen LogP contribution < -0.4 is 0 Å². The fraction of sp³-hybridized carbons (Fsp3) is 0.833. The fourth-order valence-electron chi connectivity index (χ4n) is 6.77. The molecule has 0 aromatic heterocycles. The Labute approximate surface area is 138 Å². The van der Waals surface area contributed by atoms with Gasteiger partial charge in [-0.05, 0) is 61.7 Å². The summed E-state index contributed by atoms with van der Waals surface area (Å²) in [5.74, 6) is 1.39. The lowest BCUT2D eigenvalue weighted by atomic mass is 9.69. The lowest BCUT2D eigenvalue weighted by molar-refractivity contribution is -0.125. The van der Waals surface area contributed by atoms with Gasteiger partial charge in [0.15, 0.2) is 0 Å². The normalized spacial score (nSPS) is 47.9. The smallest absolute Gasteiger partial charge is 0.263 e. The molecule has 1 amide bonds. The van der Waals surface area contributed by atoms with Crippen LogP contribution in [0.25, 0.3) is 0 Å². The van der Waals surface area contributed by atoms with Crippen molar-refractivity contribution in [1.82, 2.24) is 4.31 Å². The van der Waals surface area contributed by atoms with Gasteiger partial charge in [-0.25, -0.2) is 12.7 Å². The molecular formula is C18H25NO3S. The summed E-state index contributed by atoms with van der Waals surface area (Å²) in [5.41, 5.74) is 0.634. The van der Waals surface area contributed by atoms with Crippen LogP contribution in [0.2, 0.25) is 0 Å². The summed E-state index contributed by atoms with van der Waals surface area (Å²) in [6, 6.07) is -0.0891. The molecular weight excluding hydrogens is 310 g/mol. The summed E-state index contributed by atoms with van der Waals surface area (Å²) in [6.07, 6.45) is 8.31. The molecule has 5 heteroatoms. The number of hydrogen-bond donors (Lipinski definition) is 0. The minimum Gasteiger partial charge on any atom is -0.268 e. The Hall–Kier alpha value is -0.840. The summed E-state index contributed by atoms with van der Waals surface area (Å²) in [6.45, 7) is 4.45. The molecule has 5 aliphatic rings. The van der Waals surface area contributed by atoms with Gasteiger partial charge in [-0.15, -0.1) is 0 Å². The van der Waals surface area contributed by atoms with E-state index in [-0.39, 0.29) is 28.5 Å². The average molecular weight is 335 g/mol. The van der Waals surface area contributed by atoms with E-state index in [1.54, 1.807) is 0 Å². The number of allylic oxidation sites excluding steroid dienone is 1. The van der Waals surface area contributed by atoms with Gasteiger partial charge in [0.1, 0.15) is 0 Å². The lowest BCUT2D eigenvalue weighted by Crippen LogP contribution is -2.45. The number of carbonyl (C=O) groups is 1. The Balaban J connectivity index is 1.57. The molecule has 23 heavy (non-hydrogen) atoms. The third-order valence-electron chi connectivity index (χ3n) is 8.19. The van der Waals surface area contributed by atoms with Gasteiger partial charge in [0.2, 0.25) is 10.0 Å². The first-order chi connectivity index (χ1) is 10.8. The highest BCUT2D eigenvalue weighted by atomic mass is 32.2. The van der Waals surface area contributed by atoms with E-state index in [0.717, 1.165) is 44.1 Å². The summed E-state index contributed by atoms with van der Waals surface area (Å²) < 4.78 is 27.2. The zero-order chi connectivity index (χ0) is 16.2. The van der Waals surface area contributed by atoms with E-state index in [1.165, 1.54) is 4.31 Å². The first kappa shape index (κ1) is 14.5. The van der Waals surface area contributed by atoms with Crippen LogP contribution in [-0.2, 0) is 14.8 Å². The van der Waals surface area contributed by atoms with Crippen molar-refractivity contribution in [3.05, 3.63) is 11.6 Å². The Morgan fingerprint density at radius 2 is 2.00 bits per heavy atom. The van der Waals surface area contributed by atoms with E-state index in [4.69, 9.17) is 0 Å². The summed E-state index contributed by atoms with van der Waals surface area (Å²) in [5, 5.41) is 0. The maximum Gasteiger partial charge on any atom is 0.263 e. The first-order valence-corrected chi connectivity index (χ1v) is 10.7. The third-order valence-corrected chi connectivity index (χ3v) is 10.1. The molecule has 1 heterocycles. The number of fused-ring (bicyclic) bond motifs is 3. The number of rotatable bonds is 1. The summed E-state index contributed by atoms with van der Waals surface area (Å²) in [7, 11) is -3.47. The predicted octanol–water partition coefficient (Wildman–Crippen LogP) is 2.71. The van der Waals surface area contributed by atoms with Gasteiger partial charge in [-0.3, -0.25) is 4.79 Å². The highest BCUT2D eigenvalue weighted by Gasteiger charge is 2.72. The van der Waals surface area contributed by atoms with E-state index in [2.05, 4.69) is 19.9 Å². The SMILES string of the molecule is CC1(C)[C@@H]2CC[C@]13CS(=O)(=O)N(C(=O)C1=C[C@H]4CC[C@@H]1C4)[C@@H]3C2. The van der Waals surface area contributed by atoms with Crippen LogP contribution in [0.15, 0.2) is 11.6 Å². The maximum atomic E-state index is 13.2. The topological polar surface area (TPSA) is 54.5 Å². The van der Waals surface area contributed by atoms with Gasteiger partial charge in [-0.2, -0.15) is 0 Å². The molecule has 1 aliphatic heterocycles. The van der Waals surface area contributed by atoms with Gasteiger partial charge in [-0.1, -0.05) is 19.9 Å². The molecule has 5 rings (SSSR count). The summed E-state index contributed by atoms with van der Waals surface area (Å²) in [4.78, 5) is 13.2. The Bertz CT molecular complexity index is 737. The Kier molecular flexibility index (Phi) is 2.54. The molecule has 5 atom stereocenters. The number of amides is 1. The van der Waals surface area contributed by atoms with Crippen LogP contribution in [0.5, 0.6) is 0 Å². The van der Waals surface area contributed by atoms with Crippen molar-refractivity contribution in [3.63, 3.8) is 0 Å². The minimum absolute atomic E-state index is 0.0306. The molecule has 4 bridgehead atoms. The zero-order valence-corrected chi connectivity index (χ0v) is 14.7. The van der Waals surface area contributed by atoms with Crippen molar-refractivity contribution in [3.8, 4) is 0 Å². The van der Waals surface area contributed by atoms with Crippen LogP contribution in [0.1, 0.15) is 52.4 Å².